The SMILES string of the molecule is C=CCCOCCNc1nc2ccccc2nc1N. The molecular formula is C14H18N4O. The lowest BCUT2D eigenvalue weighted by Crippen LogP contribution is -2.13. The average molecular weight is 258 g/mol. The molecule has 2 aromatic rings. The molecule has 0 unspecified atom stereocenters. The smallest absolute Gasteiger partial charge is 0.169 e. The van der Waals surface area contributed by atoms with Crippen molar-refractivity contribution in [1.29, 1.82) is 0 Å². The summed E-state index contributed by atoms with van der Waals surface area (Å²) in [7, 11) is 0. The van der Waals surface area contributed by atoms with E-state index in [1.807, 2.05) is 30.3 Å². The monoisotopic (exact) mass is 258 g/mol. The summed E-state index contributed by atoms with van der Waals surface area (Å²) in [5.41, 5.74) is 7.48. The third-order valence-corrected chi connectivity index (χ3v) is 2.60. The van der Waals surface area contributed by atoms with Crippen LogP contribution < -0.4 is 11.1 Å². The summed E-state index contributed by atoms with van der Waals surface area (Å²) in [6, 6.07) is 7.64. The van der Waals surface area contributed by atoms with Crippen molar-refractivity contribution in [2.75, 3.05) is 30.8 Å². The molecule has 0 radical (unpaired) electrons. The Morgan fingerprint density at radius 2 is 1.95 bits per heavy atom. The van der Waals surface area contributed by atoms with E-state index in [0.717, 1.165) is 17.5 Å². The van der Waals surface area contributed by atoms with E-state index in [2.05, 4.69) is 21.9 Å². The molecule has 0 amide bonds. The highest BCUT2D eigenvalue weighted by Crippen LogP contribution is 2.17. The fourth-order valence-electron chi connectivity index (χ4n) is 1.65. The Morgan fingerprint density at radius 3 is 2.68 bits per heavy atom. The van der Waals surface area contributed by atoms with E-state index < -0.39 is 0 Å². The van der Waals surface area contributed by atoms with Crippen molar-refractivity contribution in [3.8, 4) is 0 Å². The van der Waals surface area contributed by atoms with Crippen molar-refractivity contribution >= 4 is 22.7 Å². The number of aromatic nitrogens is 2. The van der Waals surface area contributed by atoms with Crippen LogP contribution in [0.15, 0.2) is 36.9 Å². The summed E-state index contributed by atoms with van der Waals surface area (Å²) in [6.07, 6.45) is 2.69. The summed E-state index contributed by atoms with van der Waals surface area (Å²) in [4.78, 5) is 8.74. The molecule has 0 fully saturated rings. The number of nitrogen functional groups attached to an aromatic ring is 1. The summed E-state index contributed by atoms with van der Waals surface area (Å²) < 4.78 is 5.40. The maximum atomic E-state index is 5.86. The Kier molecular flexibility index (Phi) is 4.69. The van der Waals surface area contributed by atoms with Crippen LogP contribution in [0.25, 0.3) is 11.0 Å². The second-order valence-corrected chi connectivity index (χ2v) is 4.06. The first-order chi connectivity index (χ1) is 9.31. The highest BCUT2D eigenvalue weighted by Gasteiger charge is 2.04. The van der Waals surface area contributed by atoms with Crippen molar-refractivity contribution < 1.29 is 4.74 Å². The van der Waals surface area contributed by atoms with Crippen LogP contribution in [-0.2, 0) is 4.74 Å². The third kappa shape index (κ3) is 3.66. The molecule has 0 aliphatic rings. The molecule has 0 saturated carbocycles. The summed E-state index contributed by atoms with van der Waals surface area (Å²) in [6.45, 7) is 5.57. The molecule has 5 nitrogen and oxygen atoms in total. The van der Waals surface area contributed by atoms with Gasteiger partial charge in [0, 0.05) is 6.54 Å². The summed E-state index contributed by atoms with van der Waals surface area (Å²) in [5, 5.41) is 3.13. The van der Waals surface area contributed by atoms with Crippen molar-refractivity contribution in [3.05, 3.63) is 36.9 Å². The highest BCUT2D eigenvalue weighted by molar-refractivity contribution is 5.79. The van der Waals surface area contributed by atoms with Crippen LogP contribution in [0.4, 0.5) is 11.6 Å². The predicted molar refractivity (Wildman–Crippen MR) is 78.1 cm³/mol. The fourth-order valence-corrected chi connectivity index (χ4v) is 1.65. The van der Waals surface area contributed by atoms with Crippen molar-refractivity contribution in [1.82, 2.24) is 9.97 Å². The van der Waals surface area contributed by atoms with Crippen LogP contribution >= 0.6 is 0 Å². The summed E-state index contributed by atoms with van der Waals surface area (Å²) in [5.74, 6) is 1.01. The van der Waals surface area contributed by atoms with Gasteiger partial charge in [-0.1, -0.05) is 18.2 Å². The molecule has 0 spiro atoms. The van der Waals surface area contributed by atoms with Gasteiger partial charge >= 0.3 is 0 Å². The zero-order valence-corrected chi connectivity index (χ0v) is 10.8. The van der Waals surface area contributed by atoms with E-state index in [9.17, 15) is 0 Å². The largest absolute Gasteiger partial charge is 0.381 e. The summed E-state index contributed by atoms with van der Waals surface area (Å²) >= 11 is 0. The van der Waals surface area contributed by atoms with Gasteiger partial charge in [0.15, 0.2) is 11.6 Å². The van der Waals surface area contributed by atoms with E-state index in [1.165, 1.54) is 0 Å². The number of benzene rings is 1. The molecule has 100 valence electrons. The van der Waals surface area contributed by atoms with Crippen LogP contribution in [0.2, 0.25) is 0 Å². The highest BCUT2D eigenvalue weighted by atomic mass is 16.5. The number of nitrogens with one attached hydrogen (secondary N) is 1. The number of hydrogen-bond donors (Lipinski definition) is 2. The van der Waals surface area contributed by atoms with Crippen LogP contribution in [0.3, 0.4) is 0 Å². The molecule has 1 aromatic heterocycles. The van der Waals surface area contributed by atoms with Crippen molar-refractivity contribution in [2.24, 2.45) is 0 Å². The number of nitrogens with two attached hydrogens (primary N) is 1. The van der Waals surface area contributed by atoms with Gasteiger partial charge in [0.2, 0.25) is 0 Å². The van der Waals surface area contributed by atoms with E-state index in [1.54, 1.807) is 0 Å². The van der Waals surface area contributed by atoms with Gasteiger partial charge in [-0.05, 0) is 18.6 Å². The third-order valence-electron chi connectivity index (χ3n) is 2.60. The Hall–Kier alpha value is -2.14. The maximum Gasteiger partial charge on any atom is 0.169 e. The van der Waals surface area contributed by atoms with Crippen molar-refractivity contribution in [3.63, 3.8) is 0 Å². The molecule has 0 aliphatic heterocycles. The van der Waals surface area contributed by atoms with Crippen LogP contribution in [-0.4, -0.2) is 29.7 Å². The Bertz CT molecular complexity index is 556. The minimum absolute atomic E-state index is 0.407. The first-order valence-electron chi connectivity index (χ1n) is 6.26. The number of anilines is 2. The number of nitrogens with zero attached hydrogens (tertiary/aromatic N) is 2. The van der Waals surface area contributed by atoms with Crippen LogP contribution in [0.5, 0.6) is 0 Å². The first kappa shape index (κ1) is 13.3. The van der Waals surface area contributed by atoms with E-state index >= 15 is 0 Å². The van der Waals surface area contributed by atoms with Gasteiger partial charge in [-0.3, -0.25) is 0 Å². The molecule has 1 aromatic carbocycles. The van der Waals surface area contributed by atoms with Gasteiger partial charge in [-0.2, -0.15) is 0 Å². The zero-order valence-electron chi connectivity index (χ0n) is 10.8. The first-order valence-corrected chi connectivity index (χ1v) is 6.26. The standard InChI is InChI=1S/C14H18N4O/c1-2-3-9-19-10-8-16-14-13(15)17-11-6-4-5-7-12(11)18-14/h2,4-7H,1,3,8-10H2,(H2,15,17)(H,16,18). The van der Waals surface area contributed by atoms with Gasteiger partial charge in [0.25, 0.3) is 0 Å². The zero-order chi connectivity index (χ0) is 13.5. The van der Waals surface area contributed by atoms with Crippen molar-refractivity contribution in [2.45, 2.75) is 6.42 Å². The second kappa shape index (κ2) is 6.70. The lowest BCUT2D eigenvalue weighted by molar-refractivity contribution is 0.149. The minimum atomic E-state index is 0.407. The molecule has 3 N–H and O–H groups in total. The van der Waals surface area contributed by atoms with E-state index in [0.29, 0.717) is 31.4 Å². The van der Waals surface area contributed by atoms with Gasteiger partial charge in [0.05, 0.1) is 24.2 Å². The molecule has 0 bridgehead atoms. The lowest BCUT2D eigenvalue weighted by atomic mass is 10.3. The molecule has 2 rings (SSSR count). The van der Waals surface area contributed by atoms with E-state index in [4.69, 9.17) is 10.5 Å². The normalized spacial score (nSPS) is 10.5. The topological polar surface area (TPSA) is 73.1 Å². The second-order valence-electron chi connectivity index (χ2n) is 4.06. The lowest BCUT2D eigenvalue weighted by Gasteiger charge is -2.09. The number of fused-ring (bicyclic) bond motifs is 1. The molecule has 0 saturated heterocycles. The van der Waals surface area contributed by atoms with Gasteiger partial charge in [-0.25, -0.2) is 9.97 Å². The Balaban J connectivity index is 1.93. The van der Waals surface area contributed by atoms with Crippen LogP contribution in [0, 0.1) is 0 Å². The number of para-hydroxylation sites is 2. The van der Waals surface area contributed by atoms with Gasteiger partial charge < -0.3 is 15.8 Å². The maximum absolute atomic E-state index is 5.86. The molecule has 1 heterocycles. The fraction of sp³-hybridized carbons (Fsp3) is 0.286. The number of hydrogen-bond acceptors (Lipinski definition) is 5. The number of rotatable bonds is 7. The molecule has 19 heavy (non-hydrogen) atoms. The van der Waals surface area contributed by atoms with Gasteiger partial charge in [-0.15, -0.1) is 6.58 Å². The Labute approximate surface area is 112 Å². The molecule has 5 heteroatoms. The van der Waals surface area contributed by atoms with E-state index in [-0.39, 0.29) is 0 Å². The predicted octanol–water partition coefficient (Wildman–Crippen LogP) is 2.22. The minimum Gasteiger partial charge on any atom is -0.381 e. The quantitative estimate of drug-likeness (QED) is 0.588. The number of ether oxygens (including phenoxy) is 1. The molecule has 0 atom stereocenters. The van der Waals surface area contributed by atoms with Gasteiger partial charge in [0.1, 0.15) is 0 Å². The Morgan fingerprint density at radius 1 is 1.21 bits per heavy atom. The molecule has 0 aliphatic carbocycles. The molecular weight excluding hydrogens is 240 g/mol. The van der Waals surface area contributed by atoms with Crippen LogP contribution in [0.1, 0.15) is 6.42 Å². The average Bonchev–Trinajstić information content (AvgIpc) is 2.43.